The van der Waals surface area contributed by atoms with Crippen LogP contribution in [-0.2, 0) is 32.0 Å². The minimum absolute atomic E-state index is 0.00150. The van der Waals surface area contributed by atoms with Gasteiger partial charge in [0.25, 0.3) is 0 Å². The normalized spacial score (nSPS) is 18.7. The van der Waals surface area contributed by atoms with Crippen molar-refractivity contribution in [3.63, 3.8) is 0 Å². The predicted molar refractivity (Wildman–Crippen MR) is 149 cm³/mol. The lowest BCUT2D eigenvalue weighted by Gasteiger charge is -2.22. The third-order valence-corrected chi connectivity index (χ3v) is 9.11. The number of nitriles is 1. The van der Waals surface area contributed by atoms with Crippen LogP contribution >= 0.6 is 23.1 Å². The zero-order chi connectivity index (χ0) is 27.5. The number of rotatable bonds is 7. The summed E-state index contributed by atoms with van der Waals surface area (Å²) in [5.74, 6) is -2.20. The highest BCUT2D eigenvalue weighted by molar-refractivity contribution is 8.00. The first-order valence-corrected chi connectivity index (χ1v) is 14.0. The van der Waals surface area contributed by atoms with Crippen LogP contribution in [0.25, 0.3) is 0 Å². The van der Waals surface area contributed by atoms with Crippen molar-refractivity contribution in [3.05, 3.63) is 88.3 Å². The number of thiophene rings is 1. The molecule has 39 heavy (non-hydrogen) atoms. The quantitative estimate of drug-likeness (QED) is 0.313. The standard InChI is InChI=1S/C29H23N3O5S2/c30-16-22-21-10-9-18(17-5-2-1-3-6-17)13-23(21)39-29(22)32-26(34)15-24(28(32)37)38-20-8-4-7-19(14-20)31-25(33)11-12-27(35)36/h1-8,11-12,14,18,24H,9-10,13,15H2,(H,31,33)(H,35,36)/b12-11+/t18-,24-/m0/s1. The Morgan fingerprint density at radius 3 is 2.64 bits per heavy atom. The Morgan fingerprint density at radius 2 is 1.90 bits per heavy atom. The van der Waals surface area contributed by atoms with Crippen molar-refractivity contribution >= 4 is 57.5 Å². The van der Waals surface area contributed by atoms with Crippen LogP contribution in [0, 0.1) is 11.3 Å². The number of carboxylic acids is 1. The van der Waals surface area contributed by atoms with E-state index in [0.717, 1.165) is 41.9 Å². The van der Waals surface area contributed by atoms with Crippen LogP contribution in [0.5, 0.6) is 0 Å². The van der Waals surface area contributed by atoms with Crippen LogP contribution in [-0.4, -0.2) is 34.0 Å². The molecule has 1 saturated heterocycles. The first kappa shape index (κ1) is 26.4. The van der Waals surface area contributed by atoms with Gasteiger partial charge in [-0.3, -0.25) is 14.4 Å². The number of amides is 3. The van der Waals surface area contributed by atoms with Crippen molar-refractivity contribution in [3.8, 4) is 6.07 Å². The number of benzene rings is 2. The Hall–Kier alpha value is -4.20. The highest BCUT2D eigenvalue weighted by Gasteiger charge is 2.43. The number of imide groups is 1. The zero-order valence-electron chi connectivity index (χ0n) is 20.6. The number of aliphatic carboxylic acids is 1. The molecule has 5 rings (SSSR count). The topological polar surface area (TPSA) is 128 Å². The monoisotopic (exact) mass is 557 g/mol. The van der Waals surface area contributed by atoms with Gasteiger partial charge in [0.2, 0.25) is 17.7 Å². The van der Waals surface area contributed by atoms with Crippen LogP contribution in [0.4, 0.5) is 10.7 Å². The summed E-state index contributed by atoms with van der Waals surface area (Å²) in [6, 6.07) is 19.3. The zero-order valence-corrected chi connectivity index (χ0v) is 22.3. The summed E-state index contributed by atoms with van der Waals surface area (Å²) in [6.07, 6.45) is 4.05. The van der Waals surface area contributed by atoms with Crippen molar-refractivity contribution in [2.75, 3.05) is 10.2 Å². The second kappa shape index (κ2) is 11.3. The molecular formula is C29H23N3O5S2. The van der Waals surface area contributed by atoms with E-state index in [9.17, 15) is 24.4 Å². The van der Waals surface area contributed by atoms with Gasteiger partial charge in [-0.1, -0.05) is 36.4 Å². The van der Waals surface area contributed by atoms with Crippen LogP contribution in [0.2, 0.25) is 0 Å². The summed E-state index contributed by atoms with van der Waals surface area (Å²) in [5.41, 5.74) is 3.05. The fraction of sp³-hybridized carbons (Fsp3) is 0.207. The van der Waals surface area contributed by atoms with E-state index in [2.05, 4.69) is 23.5 Å². The van der Waals surface area contributed by atoms with Gasteiger partial charge in [-0.25, -0.2) is 9.69 Å². The summed E-state index contributed by atoms with van der Waals surface area (Å²) < 4.78 is 0. The molecule has 2 atom stereocenters. The third-order valence-electron chi connectivity index (χ3n) is 6.70. The van der Waals surface area contributed by atoms with Crippen molar-refractivity contribution in [1.82, 2.24) is 0 Å². The molecule has 1 aliphatic carbocycles. The molecule has 2 N–H and O–H groups in total. The second-order valence-electron chi connectivity index (χ2n) is 9.21. The minimum atomic E-state index is -1.23. The Kier molecular flexibility index (Phi) is 7.63. The maximum absolute atomic E-state index is 13.4. The highest BCUT2D eigenvalue weighted by Crippen LogP contribution is 2.46. The number of hydrogen-bond donors (Lipinski definition) is 2. The lowest BCUT2D eigenvalue weighted by Crippen LogP contribution is -2.31. The smallest absolute Gasteiger partial charge is 0.328 e. The molecule has 0 radical (unpaired) electrons. The molecule has 196 valence electrons. The van der Waals surface area contributed by atoms with Crippen LogP contribution in [0.1, 0.15) is 40.3 Å². The number of carbonyl (C=O) groups excluding carboxylic acids is 3. The number of hydrogen-bond acceptors (Lipinski definition) is 7. The van der Waals surface area contributed by atoms with Crippen molar-refractivity contribution in [1.29, 1.82) is 5.26 Å². The number of carbonyl (C=O) groups is 4. The average Bonchev–Trinajstić information content (AvgIpc) is 3.42. The van der Waals surface area contributed by atoms with Gasteiger partial charge in [-0.15, -0.1) is 23.1 Å². The fourth-order valence-corrected chi connectivity index (χ4v) is 7.42. The molecule has 10 heteroatoms. The van der Waals surface area contributed by atoms with Crippen molar-refractivity contribution in [2.24, 2.45) is 0 Å². The summed E-state index contributed by atoms with van der Waals surface area (Å²) >= 11 is 2.58. The number of fused-ring (bicyclic) bond motifs is 1. The summed E-state index contributed by atoms with van der Waals surface area (Å²) in [5, 5.41) is 21.0. The molecule has 2 aromatic carbocycles. The van der Waals surface area contributed by atoms with E-state index in [4.69, 9.17) is 5.11 Å². The molecule has 0 unspecified atom stereocenters. The number of nitrogens with one attached hydrogen (secondary N) is 1. The van der Waals surface area contributed by atoms with E-state index in [1.165, 1.54) is 33.6 Å². The molecule has 0 saturated carbocycles. The molecule has 8 nitrogen and oxygen atoms in total. The molecule has 3 amide bonds. The number of thioether (sulfide) groups is 1. The van der Waals surface area contributed by atoms with Gasteiger partial charge in [-0.05, 0) is 54.5 Å². The number of carboxylic acid groups (broad SMARTS) is 1. The molecule has 1 aromatic heterocycles. The highest BCUT2D eigenvalue weighted by atomic mass is 32.2. The largest absolute Gasteiger partial charge is 0.478 e. The first-order chi connectivity index (χ1) is 18.8. The molecule has 2 heterocycles. The van der Waals surface area contributed by atoms with Crippen molar-refractivity contribution in [2.45, 2.75) is 41.7 Å². The molecule has 3 aromatic rings. The maximum atomic E-state index is 13.4. The molecule has 2 aliphatic rings. The Labute approximate surface area is 232 Å². The van der Waals surface area contributed by atoms with E-state index in [0.29, 0.717) is 27.1 Å². The SMILES string of the molecule is N#Cc1c(N2C(=O)C[C@H](Sc3cccc(NC(=O)/C=C/C(=O)O)c3)C2=O)sc2c1CC[C@H](c1ccccc1)C2. The number of anilines is 2. The molecular weight excluding hydrogens is 534 g/mol. The summed E-state index contributed by atoms with van der Waals surface area (Å²) in [6.45, 7) is 0. The van der Waals surface area contributed by atoms with Gasteiger partial charge in [0.15, 0.2) is 0 Å². The maximum Gasteiger partial charge on any atom is 0.328 e. The molecule has 1 fully saturated rings. The van der Waals surface area contributed by atoms with Crippen LogP contribution in [0.15, 0.2) is 71.6 Å². The first-order valence-electron chi connectivity index (χ1n) is 12.3. The Balaban J connectivity index is 1.33. The van der Waals surface area contributed by atoms with E-state index in [-0.39, 0.29) is 18.2 Å². The number of nitrogens with zero attached hydrogens (tertiary/aromatic N) is 2. The van der Waals surface area contributed by atoms with Gasteiger partial charge in [0, 0.05) is 34.0 Å². The summed E-state index contributed by atoms with van der Waals surface area (Å²) in [7, 11) is 0. The molecule has 0 spiro atoms. The van der Waals surface area contributed by atoms with Gasteiger partial charge in [0.05, 0.1) is 10.8 Å². The third kappa shape index (κ3) is 5.65. The molecule has 0 bridgehead atoms. The fourth-order valence-electron chi connectivity index (χ4n) is 4.91. The lowest BCUT2D eigenvalue weighted by molar-refractivity contribution is -0.131. The Bertz CT molecular complexity index is 1540. The minimum Gasteiger partial charge on any atom is -0.478 e. The Morgan fingerprint density at radius 1 is 1.10 bits per heavy atom. The molecule has 1 aliphatic heterocycles. The van der Waals surface area contributed by atoms with E-state index in [1.807, 2.05) is 18.2 Å². The van der Waals surface area contributed by atoms with Crippen LogP contribution < -0.4 is 10.2 Å². The van der Waals surface area contributed by atoms with Gasteiger partial charge in [0.1, 0.15) is 11.1 Å². The van der Waals surface area contributed by atoms with E-state index >= 15 is 0 Å². The lowest BCUT2D eigenvalue weighted by atomic mass is 9.83. The van der Waals surface area contributed by atoms with Crippen LogP contribution in [0.3, 0.4) is 0 Å². The summed E-state index contributed by atoms with van der Waals surface area (Å²) in [4.78, 5) is 51.9. The van der Waals surface area contributed by atoms with E-state index < -0.39 is 17.1 Å². The van der Waals surface area contributed by atoms with Crippen molar-refractivity contribution < 1.29 is 24.3 Å². The second-order valence-corrected chi connectivity index (χ2v) is 11.6. The van der Waals surface area contributed by atoms with Gasteiger partial charge < -0.3 is 10.4 Å². The van der Waals surface area contributed by atoms with Gasteiger partial charge >= 0.3 is 5.97 Å². The predicted octanol–water partition coefficient (Wildman–Crippen LogP) is 4.90. The van der Waals surface area contributed by atoms with Gasteiger partial charge in [-0.2, -0.15) is 5.26 Å². The van der Waals surface area contributed by atoms with E-state index in [1.54, 1.807) is 24.3 Å². The average molecular weight is 558 g/mol.